The van der Waals surface area contributed by atoms with Crippen LogP contribution in [0.1, 0.15) is 31.2 Å². The lowest BCUT2D eigenvalue weighted by atomic mass is 9.97. The average molecular weight is 379 g/mol. The van der Waals surface area contributed by atoms with E-state index in [-0.39, 0.29) is 17.7 Å². The fraction of sp³-hybridized carbons (Fsp3) is 0.556. The number of hydrogen-bond donors (Lipinski definition) is 1. The molecular formula is C18H25N3O4S. The predicted molar refractivity (Wildman–Crippen MR) is 99.0 cm³/mol. The van der Waals surface area contributed by atoms with E-state index >= 15 is 0 Å². The molecule has 1 aromatic rings. The van der Waals surface area contributed by atoms with Gasteiger partial charge in [-0.2, -0.15) is 0 Å². The normalized spacial score (nSPS) is 19.7. The first kappa shape index (κ1) is 18.8. The highest BCUT2D eigenvalue weighted by molar-refractivity contribution is 7.88. The molecule has 1 aromatic carbocycles. The van der Waals surface area contributed by atoms with Crippen LogP contribution in [0.2, 0.25) is 0 Å². The molecule has 0 atom stereocenters. The Morgan fingerprint density at radius 1 is 1.23 bits per heavy atom. The highest BCUT2D eigenvalue weighted by Crippen LogP contribution is 2.23. The van der Waals surface area contributed by atoms with E-state index in [0.29, 0.717) is 38.9 Å². The lowest BCUT2D eigenvalue weighted by molar-refractivity contribution is -0.126. The summed E-state index contributed by atoms with van der Waals surface area (Å²) in [6.07, 6.45) is 3.76. The smallest absolute Gasteiger partial charge is 0.227 e. The summed E-state index contributed by atoms with van der Waals surface area (Å²) in [5.41, 5.74) is 1.82. The van der Waals surface area contributed by atoms with Crippen molar-refractivity contribution >= 4 is 27.5 Å². The Bertz CT molecular complexity index is 785. The summed E-state index contributed by atoms with van der Waals surface area (Å²) in [7, 11) is -3.18. The van der Waals surface area contributed by atoms with Gasteiger partial charge in [0.2, 0.25) is 21.8 Å². The molecule has 2 heterocycles. The molecular weight excluding hydrogens is 354 g/mol. The highest BCUT2D eigenvalue weighted by Gasteiger charge is 2.28. The van der Waals surface area contributed by atoms with Gasteiger partial charge >= 0.3 is 0 Å². The van der Waals surface area contributed by atoms with Crippen molar-refractivity contribution in [3.05, 3.63) is 29.8 Å². The molecule has 7 nitrogen and oxygen atoms in total. The summed E-state index contributed by atoms with van der Waals surface area (Å²) < 4.78 is 24.5. The predicted octanol–water partition coefficient (Wildman–Crippen LogP) is 1.10. The minimum atomic E-state index is -3.18. The Balaban J connectivity index is 1.53. The van der Waals surface area contributed by atoms with Gasteiger partial charge in [-0.05, 0) is 37.0 Å². The third-order valence-electron chi connectivity index (χ3n) is 5.06. The van der Waals surface area contributed by atoms with Crippen LogP contribution in [0, 0.1) is 5.92 Å². The molecule has 3 rings (SSSR count). The van der Waals surface area contributed by atoms with Gasteiger partial charge in [-0.1, -0.05) is 12.1 Å². The zero-order valence-corrected chi connectivity index (χ0v) is 15.8. The first-order valence-electron chi connectivity index (χ1n) is 8.97. The maximum absolute atomic E-state index is 12.4. The van der Waals surface area contributed by atoms with E-state index in [9.17, 15) is 18.0 Å². The number of carbonyl (C=O) groups is 2. The molecule has 2 fully saturated rings. The van der Waals surface area contributed by atoms with Crippen LogP contribution >= 0.6 is 0 Å². The topological polar surface area (TPSA) is 86.8 Å². The van der Waals surface area contributed by atoms with Gasteiger partial charge in [0.25, 0.3) is 0 Å². The number of hydrogen-bond acceptors (Lipinski definition) is 4. The van der Waals surface area contributed by atoms with Gasteiger partial charge in [-0.15, -0.1) is 0 Å². The van der Waals surface area contributed by atoms with Crippen LogP contribution in [0.3, 0.4) is 0 Å². The second-order valence-corrected chi connectivity index (χ2v) is 8.96. The zero-order valence-electron chi connectivity index (χ0n) is 15.0. The molecule has 0 saturated carbocycles. The third-order valence-corrected chi connectivity index (χ3v) is 6.36. The van der Waals surface area contributed by atoms with E-state index in [0.717, 1.165) is 24.2 Å². The Hall–Kier alpha value is -1.93. The van der Waals surface area contributed by atoms with E-state index in [2.05, 4.69) is 5.32 Å². The maximum atomic E-state index is 12.4. The number of anilines is 1. The van der Waals surface area contributed by atoms with E-state index in [1.807, 2.05) is 24.3 Å². The number of nitrogens with one attached hydrogen (secondary N) is 1. The van der Waals surface area contributed by atoms with Crippen LogP contribution in [-0.4, -0.2) is 50.4 Å². The molecule has 0 aliphatic carbocycles. The largest absolute Gasteiger partial charge is 0.352 e. The SMILES string of the molecule is CS(=O)(=O)N1CCC(C(=O)NCc2cccc(N3CCCC3=O)c2)CC1. The molecule has 2 aliphatic heterocycles. The van der Waals surface area contributed by atoms with Crippen molar-refractivity contribution in [3.63, 3.8) is 0 Å². The number of sulfonamides is 1. The number of nitrogens with zero attached hydrogens (tertiary/aromatic N) is 2. The van der Waals surface area contributed by atoms with Crippen LogP contribution < -0.4 is 10.2 Å². The third kappa shape index (κ3) is 4.42. The standard InChI is InChI=1S/C18H25N3O4S/c1-26(24,25)20-10-7-15(8-11-20)18(23)19-13-14-4-2-5-16(12-14)21-9-3-6-17(21)22/h2,4-5,12,15H,3,6-11,13H2,1H3,(H,19,23). The molecule has 2 aliphatic rings. The van der Waals surface area contributed by atoms with Crippen molar-refractivity contribution in [1.29, 1.82) is 0 Å². The van der Waals surface area contributed by atoms with Gasteiger partial charge in [0.1, 0.15) is 0 Å². The summed E-state index contributed by atoms with van der Waals surface area (Å²) in [4.78, 5) is 26.0. The molecule has 0 unspecified atom stereocenters. The van der Waals surface area contributed by atoms with Crippen molar-refractivity contribution in [1.82, 2.24) is 9.62 Å². The lowest BCUT2D eigenvalue weighted by Crippen LogP contribution is -2.42. The Kier molecular flexibility index (Phi) is 5.62. The van der Waals surface area contributed by atoms with Crippen LogP contribution in [0.15, 0.2) is 24.3 Å². The number of rotatable bonds is 5. The van der Waals surface area contributed by atoms with Crippen LogP contribution in [0.25, 0.3) is 0 Å². The van der Waals surface area contributed by atoms with E-state index in [4.69, 9.17) is 0 Å². The Morgan fingerprint density at radius 3 is 2.58 bits per heavy atom. The Labute approximate surface area is 154 Å². The second-order valence-electron chi connectivity index (χ2n) is 6.97. The second kappa shape index (κ2) is 7.75. The van der Waals surface area contributed by atoms with Gasteiger partial charge in [0, 0.05) is 44.2 Å². The van der Waals surface area contributed by atoms with Crippen LogP contribution in [0.5, 0.6) is 0 Å². The van der Waals surface area contributed by atoms with Gasteiger partial charge < -0.3 is 10.2 Å². The van der Waals surface area contributed by atoms with Gasteiger partial charge in [-0.25, -0.2) is 12.7 Å². The molecule has 0 radical (unpaired) electrons. The number of amides is 2. The summed E-state index contributed by atoms with van der Waals surface area (Å²) in [6, 6.07) is 7.68. The fourth-order valence-corrected chi connectivity index (χ4v) is 4.41. The summed E-state index contributed by atoms with van der Waals surface area (Å²) in [6.45, 7) is 1.93. The summed E-state index contributed by atoms with van der Waals surface area (Å²) >= 11 is 0. The van der Waals surface area contributed by atoms with E-state index in [1.165, 1.54) is 10.6 Å². The lowest BCUT2D eigenvalue weighted by Gasteiger charge is -2.29. The first-order valence-corrected chi connectivity index (χ1v) is 10.8. The molecule has 0 spiro atoms. The fourth-order valence-electron chi connectivity index (χ4n) is 3.54. The maximum Gasteiger partial charge on any atom is 0.227 e. The molecule has 0 bridgehead atoms. The molecule has 2 saturated heterocycles. The molecule has 0 aromatic heterocycles. The van der Waals surface area contributed by atoms with Crippen LogP contribution in [-0.2, 0) is 26.2 Å². The zero-order chi connectivity index (χ0) is 18.7. The van der Waals surface area contributed by atoms with E-state index in [1.54, 1.807) is 4.90 Å². The van der Waals surface area contributed by atoms with Gasteiger partial charge in [0.15, 0.2) is 0 Å². The molecule has 26 heavy (non-hydrogen) atoms. The quantitative estimate of drug-likeness (QED) is 0.830. The van der Waals surface area contributed by atoms with Crippen LogP contribution in [0.4, 0.5) is 5.69 Å². The molecule has 142 valence electrons. The van der Waals surface area contributed by atoms with Crippen molar-refractivity contribution in [2.24, 2.45) is 5.92 Å². The monoisotopic (exact) mass is 379 g/mol. The van der Waals surface area contributed by atoms with Crippen molar-refractivity contribution in [2.75, 3.05) is 30.8 Å². The Morgan fingerprint density at radius 2 is 1.96 bits per heavy atom. The van der Waals surface area contributed by atoms with Crippen molar-refractivity contribution < 1.29 is 18.0 Å². The molecule has 1 N–H and O–H groups in total. The van der Waals surface area contributed by atoms with E-state index < -0.39 is 10.0 Å². The first-order chi connectivity index (χ1) is 12.3. The average Bonchev–Trinajstić information content (AvgIpc) is 3.05. The van der Waals surface area contributed by atoms with Crippen molar-refractivity contribution in [3.8, 4) is 0 Å². The van der Waals surface area contributed by atoms with Crippen molar-refractivity contribution in [2.45, 2.75) is 32.2 Å². The molecule has 2 amide bonds. The number of benzene rings is 1. The minimum Gasteiger partial charge on any atom is -0.352 e. The number of piperidine rings is 1. The summed E-state index contributed by atoms with van der Waals surface area (Å²) in [5.74, 6) is -0.0547. The summed E-state index contributed by atoms with van der Waals surface area (Å²) in [5, 5.41) is 2.94. The van der Waals surface area contributed by atoms with Gasteiger partial charge in [-0.3, -0.25) is 9.59 Å². The minimum absolute atomic E-state index is 0.0409. The highest BCUT2D eigenvalue weighted by atomic mass is 32.2. The van der Waals surface area contributed by atoms with Gasteiger partial charge in [0.05, 0.1) is 6.26 Å². The molecule has 8 heteroatoms. The number of carbonyl (C=O) groups excluding carboxylic acids is 2.